The summed E-state index contributed by atoms with van der Waals surface area (Å²) in [6, 6.07) is 13.9. The number of rotatable bonds is 12. The van der Waals surface area contributed by atoms with E-state index in [1.807, 2.05) is 26.0 Å². The first-order valence-corrected chi connectivity index (χ1v) is 14.2. The summed E-state index contributed by atoms with van der Waals surface area (Å²) in [4.78, 5) is 52.3. The molecule has 1 heterocycles. The van der Waals surface area contributed by atoms with Crippen molar-refractivity contribution in [3.63, 3.8) is 0 Å². The Morgan fingerprint density at radius 3 is 2.39 bits per heavy atom. The van der Waals surface area contributed by atoms with Crippen LogP contribution in [0.25, 0.3) is 6.08 Å². The Morgan fingerprint density at radius 1 is 0.955 bits per heavy atom. The van der Waals surface area contributed by atoms with Crippen molar-refractivity contribution in [2.45, 2.75) is 27.2 Å². The molecule has 0 unspecified atom stereocenters. The van der Waals surface area contributed by atoms with Gasteiger partial charge in [0.2, 0.25) is 0 Å². The number of methoxy groups -OCH3 is 1. The lowest BCUT2D eigenvalue weighted by molar-refractivity contribution is -0.122. The molecule has 1 aliphatic heterocycles. The van der Waals surface area contributed by atoms with Gasteiger partial charge in [0.05, 0.1) is 31.0 Å². The number of hydrogen-bond acceptors (Lipinski definition) is 8. The molecule has 0 aromatic heterocycles. The molecule has 2 N–H and O–H groups in total. The number of carbonyl (C=O) groups excluding carboxylic acids is 4. The summed E-state index contributed by atoms with van der Waals surface area (Å²) in [6.07, 6.45) is 2.06. The number of benzene rings is 3. The van der Waals surface area contributed by atoms with Crippen LogP contribution in [0.15, 0.2) is 60.2 Å². The maximum Gasteiger partial charge on any atom is 0.335 e. The van der Waals surface area contributed by atoms with Crippen LogP contribution in [0.2, 0.25) is 5.02 Å². The molecule has 4 rings (SSSR count). The number of ether oxygens (including phenoxy) is 4. The van der Waals surface area contributed by atoms with Crippen LogP contribution in [0.4, 0.5) is 16.2 Å². The Labute approximate surface area is 259 Å². The van der Waals surface area contributed by atoms with Gasteiger partial charge in [-0.1, -0.05) is 36.2 Å². The molecular formula is C32H32ClN3O8. The Balaban J connectivity index is 1.57. The fourth-order valence-electron chi connectivity index (χ4n) is 4.23. The zero-order valence-electron chi connectivity index (χ0n) is 24.7. The van der Waals surface area contributed by atoms with Crippen LogP contribution in [0, 0.1) is 6.92 Å². The van der Waals surface area contributed by atoms with Crippen molar-refractivity contribution < 1.29 is 38.1 Å². The molecule has 0 saturated carbocycles. The van der Waals surface area contributed by atoms with E-state index in [0.717, 1.165) is 16.9 Å². The van der Waals surface area contributed by atoms with E-state index in [-0.39, 0.29) is 34.4 Å². The van der Waals surface area contributed by atoms with Crippen molar-refractivity contribution in [3.05, 3.63) is 76.3 Å². The first-order valence-electron chi connectivity index (χ1n) is 13.8. The number of nitrogens with zero attached hydrogens (tertiary/aromatic N) is 1. The number of amides is 5. The van der Waals surface area contributed by atoms with Crippen molar-refractivity contribution in [1.29, 1.82) is 0 Å². The average Bonchev–Trinajstić information content (AvgIpc) is 2.99. The molecule has 5 amide bonds. The summed E-state index contributed by atoms with van der Waals surface area (Å²) < 4.78 is 22.4. The molecule has 1 saturated heterocycles. The number of imide groups is 2. The molecule has 44 heavy (non-hydrogen) atoms. The summed E-state index contributed by atoms with van der Waals surface area (Å²) >= 11 is 6.47. The maximum absolute atomic E-state index is 13.5. The lowest BCUT2D eigenvalue weighted by Gasteiger charge is -2.27. The Bertz CT molecular complexity index is 1600. The van der Waals surface area contributed by atoms with Gasteiger partial charge < -0.3 is 24.3 Å². The number of aryl methyl sites for hydroxylation is 1. The van der Waals surface area contributed by atoms with Gasteiger partial charge in [0.1, 0.15) is 5.57 Å². The van der Waals surface area contributed by atoms with Gasteiger partial charge in [0.25, 0.3) is 17.7 Å². The standard InChI is InChI=1S/C32H32ClN3O8/c1-5-13-43-25-12-11-22(17-26(25)42-6-2)36-31(39)23(30(38)35-32(36)40)14-20-15-24(33)29(27(16-20)41-4)44-18-28(37)34-21-9-7-19(3)8-10-21/h7-12,14-17H,5-6,13,18H2,1-4H3,(H,34,37)(H,35,38,40)/b23-14+. The van der Waals surface area contributed by atoms with Crippen LogP contribution >= 0.6 is 11.6 Å². The minimum Gasteiger partial charge on any atom is -0.493 e. The Hall–Kier alpha value is -5.03. The zero-order chi connectivity index (χ0) is 31.8. The number of anilines is 2. The molecule has 3 aromatic rings. The topological polar surface area (TPSA) is 132 Å². The minimum absolute atomic E-state index is 0.0694. The van der Waals surface area contributed by atoms with Gasteiger partial charge in [0, 0.05) is 11.8 Å². The van der Waals surface area contributed by atoms with E-state index in [1.54, 1.807) is 25.1 Å². The first-order chi connectivity index (χ1) is 21.1. The fraction of sp³-hybridized carbons (Fsp3) is 0.250. The second kappa shape index (κ2) is 14.4. The lowest BCUT2D eigenvalue weighted by atomic mass is 10.1. The minimum atomic E-state index is -0.912. The highest BCUT2D eigenvalue weighted by atomic mass is 35.5. The number of hydrogen-bond donors (Lipinski definition) is 2. The molecular weight excluding hydrogens is 590 g/mol. The number of halogens is 1. The number of barbiturate groups is 1. The third-order valence-electron chi connectivity index (χ3n) is 6.29. The largest absolute Gasteiger partial charge is 0.493 e. The van der Waals surface area contributed by atoms with E-state index < -0.39 is 23.8 Å². The summed E-state index contributed by atoms with van der Waals surface area (Å²) in [6.45, 7) is 6.14. The Kier molecular flexibility index (Phi) is 10.5. The van der Waals surface area contributed by atoms with E-state index in [2.05, 4.69) is 10.6 Å². The molecule has 1 fully saturated rings. The molecule has 1 aliphatic rings. The van der Waals surface area contributed by atoms with Gasteiger partial charge in [-0.2, -0.15) is 0 Å². The van der Waals surface area contributed by atoms with Crippen LogP contribution in [0.1, 0.15) is 31.4 Å². The van der Waals surface area contributed by atoms with E-state index in [9.17, 15) is 19.2 Å². The van der Waals surface area contributed by atoms with Gasteiger partial charge in [-0.05, 0) is 68.3 Å². The third kappa shape index (κ3) is 7.48. The van der Waals surface area contributed by atoms with Gasteiger partial charge in [-0.15, -0.1) is 0 Å². The smallest absolute Gasteiger partial charge is 0.335 e. The highest BCUT2D eigenvalue weighted by Crippen LogP contribution is 2.38. The quantitative estimate of drug-likeness (QED) is 0.199. The average molecular weight is 622 g/mol. The molecule has 0 radical (unpaired) electrons. The van der Waals surface area contributed by atoms with Crippen LogP contribution in [0.5, 0.6) is 23.0 Å². The molecule has 0 aliphatic carbocycles. The molecule has 0 spiro atoms. The highest BCUT2D eigenvalue weighted by molar-refractivity contribution is 6.39. The molecule has 230 valence electrons. The second-order valence-corrected chi connectivity index (χ2v) is 10.0. The predicted molar refractivity (Wildman–Crippen MR) is 166 cm³/mol. The highest BCUT2D eigenvalue weighted by Gasteiger charge is 2.37. The number of urea groups is 1. The van der Waals surface area contributed by atoms with E-state index in [1.165, 1.54) is 37.5 Å². The van der Waals surface area contributed by atoms with Crippen molar-refractivity contribution in [2.24, 2.45) is 0 Å². The fourth-order valence-corrected chi connectivity index (χ4v) is 4.50. The van der Waals surface area contributed by atoms with Crippen LogP contribution < -0.4 is 34.5 Å². The number of nitrogens with one attached hydrogen (secondary N) is 2. The molecule has 3 aromatic carbocycles. The number of carbonyl (C=O) groups is 4. The van der Waals surface area contributed by atoms with Crippen LogP contribution in [0.3, 0.4) is 0 Å². The monoisotopic (exact) mass is 621 g/mol. The SMILES string of the molecule is CCCOc1ccc(N2C(=O)NC(=O)/C(=C\c3cc(Cl)c(OCC(=O)Nc4ccc(C)cc4)c(OC)c3)C2=O)cc1OCC. The van der Waals surface area contributed by atoms with Crippen LogP contribution in [-0.2, 0) is 14.4 Å². The summed E-state index contributed by atoms with van der Waals surface area (Å²) in [5.74, 6) is -1.08. The van der Waals surface area contributed by atoms with Crippen molar-refractivity contribution >= 4 is 52.8 Å². The van der Waals surface area contributed by atoms with Gasteiger partial charge in [-0.3, -0.25) is 19.7 Å². The summed E-state index contributed by atoms with van der Waals surface area (Å²) in [5, 5.41) is 4.99. The van der Waals surface area contributed by atoms with Gasteiger partial charge in [0.15, 0.2) is 29.6 Å². The van der Waals surface area contributed by atoms with Crippen LogP contribution in [-0.4, -0.2) is 50.7 Å². The Morgan fingerprint density at radius 2 is 1.70 bits per heavy atom. The summed E-state index contributed by atoms with van der Waals surface area (Å²) in [7, 11) is 1.38. The van der Waals surface area contributed by atoms with Crippen molar-refractivity contribution in [3.8, 4) is 23.0 Å². The predicted octanol–water partition coefficient (Wildman–Crippen LogP) is 5.53. The molecule has 11 nitrogen and oxygen atoms in total. The van der Waals surface area contributed by atoms with E-state index >= 15 is 0 Å². The first kappa shape index (κ1) is 31.9. The normalized spacial score (nSPS) is 13.9. The molecule has 0 bridgehead atoms. The van der Waals surface area contributed by atoms with Crippen molar-refractivity contribution in [2.75, 3.05) is 37.1 Å². The van der Waals surface area contributed by atoms with E-state index in [0.29, 0.717) is 36.0 Å². The van der Waals surface area contributed by atoms with E-state index in [4.69, 9.17) is 30.5 Å². The maximum atomic E-state index is 13.5. The van der Waals surface area contributed by atoms with Gasteiger partial charge in [-0.25, -0.2) is 9.69 Å². The van der Waals surface area contributed by atoms with Gasteiger partial charge >= 0.3 is 6.03 Å². The lowest BCUT2D eigenvalue weighted by Crippen LogP contribution is -2.54. The summed E-state index contributed by atoms with van der Waals surface area (Å²) in [5.41, 5.74) is 1.84. The van der Waals surface area contributed by atoms with Crippen molar-refractivity contribution in [1.82, 2.24) is 5.32 Å². The zero-order valence-corrected chi connectivity index (χ0v) is 25.4. The second-order valence-electron chi connectivity index (χ2n) is 9.61. The third-order valence-corrected chi connectivity index (χ3v) is 6.58. The molecule has 0 atom stereocenters. The molecule has 12 heteroatoms.